The lowest BCUT2D eigenvalue weighted by molar-refractivity contribution is -0.117. The van der Waals surface area contributed by atoms with Gasteiger partial charge in [0.15, 0.2) is 0 Å². The summed E-state index contributed by atoms with van der Waals surface area (Å²) in [6.45, 7) is -0.215. The predicted octanol–water partition coefficient (Wildman–Crippen LogP) is -0.00820. The van der Waals surface area contributed by atoms with Crippen LogP contribution in [0.15, 0.2) is 12.1 Å². The standard InChI is InChI=1S/C9H11ClN4O2/c1-12-8-3-5(2-6(10)14-8)9(16)13-4-7(11)15/h2-3H,4H2,1H3,(H2,11,15)(H,12,14)(H,13,16). The third kappa shape index (κ3) is 3.39. The smallest absolute Gasteiger partial charge is 0.251 e. The van der Waals surface area contributed by atoms with E-state index in [2.05, 4.69) is 15.6 Å². The summed E-state index contributed by atoms with van der Waals surface area (Å²) < 4.78 is 0. The number of nitrogens with zero attached hydrogens (tertiary/aromatic N) is 1. The molecule has 0 aromatic carbocycles. The number of aromatic nitrogens is 1. The van der Waals surface area contributed by atoms with E-state index in [1.807, 2.05) is 0 Å². The topological polar surface area (TPSA) is 97.1 Å². The molecule has 0 atom stereocenters. The van der Waals surface area contributed by atoms with E-state index in [1.54, 1.807) is 7.05 Å². The van der Waals surface area contributed by atoms with E-state index in [9.17, 15) is 9.59 Å². The van der Waals surface area contributed by atoms with Gasteiger partial charge in [0, 0.05) is 12.6 Å². The van der Waals surface area contributed by atoms with E-state index in [-0.39, 0.29) is 11.7 Å². The summed E-state index contributed by atoms with van der Waals surface area (Å²) in [7, 11) is 1.66. The number of nitrogens with two attached hydrogens (primary N) is 1. The maximum absolute atomic E-state index is 11.5. The Hall–Kier alpha value is -1.82. The Morgan fingerprint density at radius 3 is 2.75 bits per heavy atom. The second-order valence-electron chi connectivity index (χ2n) is 2.96. The molecule has 6 nitrogen and oxygen atoms in total. The van der Waals surface area contributed by atoms with Crippen LogP contribution in [-0.4, -0.2) is 30.4 Å². The van der Waals surface area contributed by atoms with Crippen molar-refractivity contribution in [3.05, 3.63) is 22.8 Å². The number of nitrogens with one attached hydrogen (secondary N) is 2. The number of pyridine rings is 1. The summed E-state index contributed by atoms with van der Waals surface area (Å²) >= 11 is 5.71. The maximum atomic E-state index is 11.5. The number of hydrogen-bond acceptors (Lipinski definition) is 4. The van der Waals surface area contributed by atoms with Crippen molar-refractivity contribution in [3.8, 4) is 0 Å². The van der Waals surface area contributed by atoms with Crippen LogP contribution in [-0.2, 0) is 4.79 Å². The molecule has 0 bridgehead atoms. The summed E-state index contributed by atoms with van der Waals surface area (Å²) in [5.41, 5.74) is 5.21. The van der Waals surface area contributed by atoms with Gasteiger partial charge < -0.3 is 16.4 Å². The third-order valence-corrected chi connectivity index (χ3v) is 1.93. The van der Waals surface area contributed by atoms with Crippen LogP contribution in [0.1, 0.15) is 10.4 Å². The zero-order valence-corrected chi connectivity index (χ0v) is 9.34. The number of carbonyl (C=O) groups is 2. The quantitative estimate of drug-likeness (QED) is 0.647. The summed E-state index contributed by atoms with van der Waals surface area (Å²) in [6, 6.07) is 2.92. The van der Waals surface area contributed by atoms with Crippen LogP contribution >= 0.6 is 11.6 Å². The van der Waals surface area contributed by atoms with Crippen LogP contribution in [0.4, 0.5) is 5.82 Å². The molecule has 0 aliphatic carbocycles. The summed E-state index contributed by atoms with van der Waals surface area (Å²) in [4.78, 5) is 25.9. The van der Waals surface area contributed by atoms with Gasteiger partial charge in [-0.15, -0.1) is 0 Å². The first-order valence-corrected chi connectivity index (χ1v) is 4.82. The molecule has 1 heterocycles. The molecule has 86 valence electrons. The lowest BCUT2D eigenvalue weighted by atomic mass is 10.2. The van der Waals surface area contributed by atoms with Crippen molar-refractivity contribution in [1.29, 1.82) is 0 Å². The molecule has 0 saturated heterocycles. The van der Waals surface area contributed by atoms with Gasteiger partial charge in [-0.05, 0) is 12.1 Å². The first-order valence-electron chi connectivity index (χ1n) is 4.44. The van der Waals surface area contributed by atoms with Crippen molar-refractivity contribution < 1.29 is 9.59 Å². The summed E-state index contributed by atoms with van der Waals surface area (Å²) in [5, 5.41) is 5.30. The fourth-order valence-corrected chi connectivity index (χ4v) is 1.23. The van der Waals surface area contributed by atoms with Crippen molar-refractivity contribution in [1.82, 2.24) is 10.3 Å². The first-order chi connectivity index (χ1) is 7.52. The molecule has 1 aromatic rings. The van der Waals surface area contributed by atoms with E-state index < -0.39 is 11.8 Å². The summed E-state index contributed by atoms with van der Waals surface area (Å²) in [6.07, 6.45) is 0. The van der Waals surface area contributed by atoms with Crippen molar-refractivity contribution in [3.63, 3.8) is 0 Å². The van der Waals surface area contributed by atoms with Crippen molar-refractivity contribution in [2.24, 2.45) is 5.73 Å². The Bertz CT molecular complexity index is 422. The molecule has 0 aliphatic rings. The van der Waals surface area contributed by atoms with E-state index in [1.165, 1.54) is 12.1 Å². The SMILES string of the molecule is CNc1cc(C(=O)NCC(N)=O)cc(Cl)n1. The molecule has 2 amide bonds. The summed E-state index contributed by atoms with van der Waals surface area (Å²) in [5.74, 6) is -0.571. The van der Waals surface area contributed by atoms with Crippen LogP contribution in [0.5, 0.6) is 0 Å². The van der Waals surface area contributed by atoms with Gasteiger partial charge in [0.1, 0.15) is 11.0 Å². The van der Waals surface area contributed by atoms with E-state index >= 15 is 0 Å². The highest BCUT2D eigenvalue weighted by atomic mass is 35.5. The van der Waals surface area contributed by atoms with E-state index in [0.717, 1.165) is 0 Å². The highest BCUT2D eigenvalue weighted by Crippen LogP contribution is 2.13. The lowest BCUT2D eigenvalue weighted by Gasteiger charge is -2.05. The number of hydrogen-bond donors (Lipinski definition) is 3. The average molecular weight is 243 g/mol. The monoisotopic (exact) mass is 242 g/mol. The van der Waals surface area contributed by atoms with E-state index in [0.29, 0.717) is 11.4 Å². The molecular weight excluding hydrogens is 232 g/mol. The van der Waals surface area contributed by atoms with Gasteiger partial charge in [0.2, 0.25) is 5.91 Å². The van der Waals surface area contributed by atoms with Gasteiger partial charge in [0.05, 0.1) is 6.54 Å². The van der Waals surface area contributed by atoms with Crippen LogP contribution in [0.3, 0.4) is 0 Å². The Morgan fingerprint density at radius 2 is 2.19 bits per heavy atom. The largest absolute Gasteiger partial charge is 0.373 e. The highest BCUT2D eigenvalue weighted by Gasteiger charge is 2.09. The van der Waals surface area contributed by atoms with Gasteiger partial charge in [-0.25, -0.2) is 4.98 Å². The lowest BCUT2D eigenvalue weighted by Crippen LogP contribution is -2.33. The molecule has 0 saturated carbocycles. The number of halogens is 1. The third-order valence-electron chi connectivity index (χ3n) is 1.74. The maximum Gasteiger partial charge on any atom is 0.251 e. The fraction of sp³-hybridized carbons (Fsp3) is 0.222. The van der Waals surface area contributed by atoms with Gasteiger partial charge in [-0.2, -0.15) is 0 Å². The number of carbonyl (C=O) groups excluding carboxylic acids is 2. The average Bonchev–Trinajstić information content (AvgIpc) is 2.24. The molecule has 7 heteroatoms. The van der Waals surface area contributed by atoms with Crippen LogP contribution in [0.2, 0.25) is 5.15 Å². The number of anilines is 1. The minimum Gasteiger partial charge on any atom is -0.373 e. The molecule has 4 N–H and O–H groups in total. The second-order valence-corrected chi connectivity index (χ2v) is 3.35. The van der Waals surface area contributed by atoms with Crippen LogP contribution in [0, 0.1) is 0 Å². The Balaban J connectivity index is 2.82. The first kappa shape index (κ1) is 12.3. The second kappa shape index (κ2) is 5.32. The molecular formula is C9H11ClN4O2. The van der Waals surface area contributed by atoms with Crippen LogP contribution in [0.25, 0.3) is 0 Å². The van der Waals surface area contributed by atoms with Crippen molar-refractivity contribution in [2.75, 3.05) is 18.9 Å². The highest BCUT2D eigenvalue weighted by molar-refractivity contribution is 6.29. The van der Waals surface area contributed by atoms with Gasteiger partial charge in [0.25, 0.3) is 5.91 Å². The minimum atomic E-state index is -0.609. The molecule has 0 spiro atoms. The zero-order valence-electron chi connectivity index (χ0n) is 8.58. The molecule has 0 radical (unpaired) electrons. The van der Waals surface area contributed by atoms with Gasteiger partial charge in [-0.3, -0.25) is 9.59 Å². The molecule has 0 aliphatic heterocycles. The zero-order chi connectivity index (χ0) is 12.1. The van der Waals surface area contributed by atoms with Crippen molar-refractivity contribution >= 4 is 29.2 Å². The Morgan fingerprint density at radius 1 is 1.50 bits per heavy atom. The molecule has 0 fully saturated rings. The predicted molar refractivity (Wildman–Crippen MR) is 60.3 cm³/mol. The number of rotatable bonds is 4. The van der Waals surface area contributed by atoms with Gasteiger partial charge >= 0.3 is 0 Å². The molecule has 16 heavy (non-hydrogen) atoms. The minimum absolute atomic E-state index is 0.191. The fourth-order valence-electron chi connectivity index (χ4n) is 1.03. The normalized spacial score (nSPS) is 9.62. The van der Waals surface area contributed by atoms with Gasteiger partial charge in [-0.1, -0.05) is 11.6 Å². The molecule has 1 rings (SSSR count). The molecule has 0 unspecified atom stereocenters. The van der Waals surface area contributed by atoms with E-state index in [4.69, 9.17) is 17.3 Å². The number of primary amides is 1. The molecule has 1 aromatic heterocycles. The van der Waals surface area contributed by atoms with Crippen molar-refractivity contribution in [2.45, 2.75) is 0 Å². The van der Waals surface area contributed by atoms with Crippen LogP contribution < -0.4 is 16.4 Å². The Kier molecular flexibility index (Phi) is 4.07. The Labute approximate surface area is 97.2 Å². The number of amides is 2.